The first-order valence-electron chi connectivity index (χ1n) is 6.00. The zero-order valence-corrected chi connectivity index (χ0v) is 13.0. The van der Waals surface area contributed by atoms with E-state index >= 15 is 0 Å². The van der Waals surface area contributed by atoms with Crippen LogP contribution in [0.25, 0.3) is 0 Å². The summed E-state index contributed by atoms with van der Waals surface area (Å²) in [6, 6.07) is 9.61. The Hall–Kier alpha value is -1.12. The van der Waals surface area contributed by atoms with Crippen molar-refractivity contribution in [3.63, 3.8) is 0 Å². The molecule has 6 heteroatoms. The van der Waals surface area contributed by atoms with Gasteiger partial charge in [0, 0.05) is 16.0 Å². The molecule has 0 radical (unpaired) electrons. The van der Waals surface area contributed by atoms with Crippen LogP contribution in [0.4, 0.5) is 4.39 Å². The Bertz CT molecular complexity index is 619. The average Bonchev–Trinajstić information content (AvgIpc) is 2.40. The molecule has 0 fully saturated rings. The van der Waals surface area contributed by atoms with Gasteiger partial charge in [-0.1, -0.05) is 34.7 Å². The number of hydrogen-bond donors (Lipinski definition) is 2. The highest BCUT2D eigenvalue weighted by Crippen LogP contribution is 2.25. The lowest BCUT2D eigenvalue weighted by atomic mass is 9.80. The maximum absolute atomic E-state index is 13.6. The van der Waals surface area contributed by atoms with Gasteiger partial charge in [0.15, 0.2) is 0 Å². The van der Waals surface area contributed by atoms with E-state index in [9.17, 15) is 4.39 Å². The predicted octanol–water partition coefficient (Wildman–Crippen LogP) is 2.54. The first-order valence-corrected chi connectivity index (χ1v) is 7.52. The SMILES string of the molecule is Cc1ccc(Oc2ccc(B(O)O)c(F)c2)cc1CI. The van der Waals surface area contributed by atoms with E-state index in [-0.39, 0.29) is 5.46 Å². The molecule has 104 valence electrons. The molecule has 0 aliphatic carbocycles. The molecule has 20 heavy (non-hydrogen) atoms. The lowest BCUT2D eigenvalue weighted by Crippen LogP contribution is -2.32. The summed E-state index contributed by atoms with van der Waals surface area (Å²) >= 11 is 2.27. The Kier molecular flexibility index (Phi) is 5.01. The third-order valence-corrected chi connectivity index (χ3v) is 3.77. The van der Waals surface area contributed by atoms with Crippen molar-refractivity contribution in [1.82, 2.24) is 0 Å². The smallest absolute Gasteiger partial charge is 0.457 e. The molecule has 0 aliphatic heterocycles. The van der Waals surface area contributed by atoms with Gasteiger partial charge in [0.25, 0.3) is 0 Å². The highest BCUT2D eigenvalue weighted by Gasteiger charge is 2.16. The van der Waals surface area contributed by atoms with Crippen LogP contribution in [-0.2, 0) is 4.43 Å². The molecule has 0 heterocycles. The van der Waals surface area contributed by atoms with Gasteiger partial charge in [-0.2, -0.15) is 0 Å². The summed E-state index contributed by atoms with van der Waals surface area (Å²) in [6.07, 6.45) is 0. The van der Waals surface area contributed by atoms with E-state index in [4.69, 9.17) is 14.8 Å². The largest absolute Gasteiger partial charge is 0.491 e. The molecule has 0 saturated carbocycles. The molecule has 0 atom stereocenters. The highest BCUT2D eigenvalue weighted by molar-refractivity contribution is 14.1. The number of halogens is 2. The van der Waals surface area contributed by atoms with Crippen molar-refractivity contribution < 1.29 is 19.2 Å². The summed E-state index contributed by atoms with van der Waals surface area (Å²) in [5.74, 6) is 0.229. The van der Waals surface area contributed by atoms with E-state index in [1.54, 1.807) is 0 Å². The van der Waals surface area contributed by atoms with E-state index in [2.05, 4.69) is 22.6 Å². The van der Waals surface area contributed by atoms with Crippen molar-refractivity contribution in [3.05, 3.63) is 53.3 Å². The Morgan fingerprint density at radius 2 is 1.80 bits per heavy atom. The summed E-state index contributed by atoms with van der Waals surface area (Å²) in [4.78, 5) is 0. The Morgan fingerprint density at radius 1 is 1.15 bits per heavy atom. The van der Waals surface area contributed by atoms with E-state index < -0.39 is 12.9 Å². The number of rotatable bonds is 4. The summed E-state index contributed by atoms with van der Waals surface area (Å²) in [5, 5.41) is 17.9. The maximum Gasteiger partial charge on any atom is 0.491 e. The lowest BCUT2D eigenvalue weighted by molar-refractivity contribution is 0.422. The lowest BCUT2D eigenvalue weighted by Gasteiger charge is -2.10. The Balaban J connectivity index is 2.24. The molecule has 0 amide bonds. The van der Waals surface area contributed by atoms with E-state index in [0.717, 1.165) is 16.1 Å². The zero-order chi connectivity index (χ0) is 14.7. The van der Waals surface area contributed by atoms with Crippen molar-refractivity contribution >= 4 is 35.2 Å². The predicted molar refractivity (Wildman–Crippen MR) is 85.2 cm³/mol. The fraction of sp³-hybridized carbons (Fsp3) is 0.143. The molecule has 0 bridgehead atoms. The minimum atomic E-state index is -1.82. The van der Waals surface area contributed by atoms with E-state index in [1.807, 2.05) is 25.1 Å². The fourth-order valence-corrected chi connectivity index (χ4v) is 2.59. The second kappa shape index (κ2) is 6.56. The van der Waals surface area contributed by atoms with Gasteiger partial charge in [0.2, 0.25) is 0 Å². The minimum Gasteiger partial charge on any atom is -0.457 e. The van der Waals surface area contributed by atoms with E-state index in [0.29, 0.717) is 11.5 Å². The average molecular weight is 386 g/mol. The highest BCUT2D eigenvalue weighted by atomic mass is 127. The molecule has 0 unspecified atom stereocenters. The van der Waals surface area contributed by atoms with Crippen LogP contribution in [0.2, 0.25) is 0 Å². The van der Waals surface area contributed by atoms with Crippen LogP contribution in [-0.4, -0.2) is 17.2 Å². The number of hydrogen-bond acceptors (Lipinski definition) is 3. The van der Waals surface area contributed by atoms with Crippen molar-refractivity contribution in [2.75, 3.05) is 0 Å². The quantitative estimate of drug-likeness (QED) is 0.483. The molecule has 0 saturated heterocycles. The van der Waals surface area contributed by atoms with E-state index in [1.165, 1.54) is 17.7 Å². The monoisotopic (exact) mass is 386 g/mol. The molecular formula is C14H13BFIO3. The van der Waals surface area contributed by atoms with Crippen LogP contribution in [0.15, 0.2) is 36.4 Å². The second-order valence-electron chi connectivity index (χ2n) is 4.38. The first kappa shape index (κ1) is 15.3. The van der Waals surface area contributed by atoms with Gasteiger partial charge in [-0.15, -0.1) is 0 Å². The van der Waals surface area contributed by atoms with Crippen LogP contribution in [0.1, 0.15) is 11.1 Å². The Labute approximate surface area is 130 Å². The molecule has 2 aromatic rings. The number of ether oxygens (including phenoxy) is 1. The van der Waals surface area contributed by atoms with Gasteiger partial charge < -0.3 is 14.8 Å². The first-order chi connectivity index (χ1) is 9.51. The molecule has 3 nitrogen and oxygen atoms in total. The van der Waals surface area contributed by atoms with Crippen molar-refractivity contribution in [1.29, 1.82) is 0 Å². The van der Waals surface area contributed by atoms with Crippen molar-refractivity contribution in [3.8, 4) is 11.5 Å². The standard InChI is InChI=1S/C14H13BFIO3/c1-9-2-3-11(6-10(9)8-17)20-12-4-5-13(15(18)19)14(16)7-12/h2-7,18-19H,8H2,1H3. The zero-order valence-electron chi connectivity index (χ0n) is 10.8. The van der Waals surface area contributed by atoms with Crippen LogP contribution in [0.5, 0.6) is 11.5 Å². The third kappa shape index (κ3) is 3.50. The van der Waals surface area contributed by atoms with Gasteiger partial charge in [-0.3, -0.25) is 0 Å². The normalized spacial score (nSPS) is 10.4. The number of benzene rings is 2. The van der Waals surface area contributed by atoms with Gasteiger partial charge in [0.05, 0.1) is 0 Å². The summed E-state index contributed by atoms with van der Waals surface area (Å²) in [6.45, 7) is 2.02. The molecule has 0 aliphatic rings. The Morgan fingerprint density at radius 3 is 2.40 bits per heavy atom. The molecule has 2 N–H and O–H groups in total. The topological polar surface area (TPSA) is 49.7 Å². The second-order valence-corrected chi connectivity index (χ2v) is 5.14. The maximum atomic E-state index is 13.6. The summed E-state index contributed by atoms with van der Waals surface area (Å²) in [7, 11) is -1.82. The van der Waals surface area contributed by atoms with Crippen molar-refractivity contribution in [2.45, 2.75) is 11.4 Å². The van der Waals surface area contributed by atoms with Gasteiger partial charge in [-0.25, -0.2) is 4.39 Å². The van der Waals surface area contributed by atoms with Gasteiger partial charge in [-0.05, 0) is 36.2 Å². The third-order valence-electron chi connectivity index (χ3n) is 2.95. The molecule has 0 spiro atoms. The molecule has 2 aromatic carbocycles. The van der Waals surface area contributed by atoms with Crippen LogP contribution in [0, 0.1) is 12.7 Å². The van der Waals surface area contributed by atoms with Gasteiger partial charge >= 0.3 is 7.12 Å². The van der Waals surface area contributed by atoms with Crippen LogP contribution < -0.4 is 10.2 Å². The number of aryl methyl sites for hydroxylation is 1. The minimum absolute atomic E-state index is 0.172. The van der Waals surface area contributed by atoms with Gasteiger partial charge in [0.1, 0.15) is 17.3 Å². The summed E-state index contributed by atoms with van der Waals surface area (Å²) < 4.78 is 20.1. The van der Waals surface area contributed by atoms with Crippen LogP contribution >= 0.6 is 22.6 Å². The molecule has 2 rings (SSSR count). The van der Waals surface area contributed by atoms with Crippen molar-refractivity contribution in [2.24, 2.45) is 0 Å². The van der Waals surface area contributed by atoms with Crippen LogP contribution in [0.3, 0.4) is 0 Å². The molecular weight excluding hydrogens is 373 g/mol. The number of alkyl halides is 1. The fourth-order valence-electron chi connectivity index (χ4n) is 1.77. The summed E-state index contributed by atoms with van der Waals surface area (Å²) in [5.41, 5.74) is 2.16. The molecule has 0 aromatic heterocycles.